The third-order valence-corrected chi connectivity index (χ3v) is 4.24. The minimum absolute atomic E-state index is 0.165. The molecule has 0 unspecified atom stereocenters. The van der Waals surface area contributed by atoms with Gasteiger partial charge in [0.15, 0.2) is 0 Å². The number of hydrogen-bond donors (Lipinski definition) is 1. The van der Waals surface area contributed by atoms with Crippen molar-refractivity contribution in [2.75, 3.05) is 18.0 Å². The fraction of sp³-hybridized carbons (Fsp3) is 0.333. The summed E-state index contributed by atoms with van der Waals surface area (Å²) in [4.78, 5) is 2.33. The van der Waals surface area contributed by atoms with Crippen LogP contribution in [-0.4, -0.2) is 13.1 Å². The quantitative estimate of drug-likeness (QED) is 0.915. The fourth-order valence-corrected chi connectivity index (χ4v) is 3.09. The van der Waals surface area contributed by atoms with Crippen molar-refractivity contribution in [3.8, 4) is 0 Å². The lowest BCUT2D eigenvalue weighted by Gasteiger charge is -2.26. The SMILES string of the molecule is C[C@@H](N)c1cc(F)ccc1N1CCc2ccccc2CC1. The normalized spacial score (nSPS) is 16.2. The average Bonchev–Trinajstić information content (AvgIpc) is 2.70. The molecule has 3 heteroatoms. The third-order valence-electron chi connectivity index (χ3n) is 4.24. The van der Waals surface area contributed by atoms with Crippen LogP contribution >= 0.6 is 0 Å². The van der Waals surface area contributed by atoms with Crippen molar-refractivity contribution in [2.24, 2.45) is 5.73 Å². The largest absolute Gasteiger partial charge is 0.371 e. The maximum atomic E-state index is 13.5. The molecule has 0 spiro atoms. The van der Waals surface area contributed by atoms with E-state index in [1.54, 1.807) is 6.07 Å². The minimum Gasteiger partial charge on any atom is -0.371 e. The summed E-state index contributed by atoms with van der Waals surface area (Å²) < 4.78 is 13.5. The van der Waals surface area contributed by atoms with Gasteiger partial charge in [-0.1, -0.05) is 24.3 Å². The van der Waals surface area contributed by atoms with Gasteiger partial charge in [0.2, 0.25) is 0 Å². The lowest BCUT2D eigenvalue weighted by atomic mass is 10.0. The highest BCUT2D eigenvalue weighted by Gasteiger charge is 2.18. The number of halogens is 1. The van der Waals surface area contributed by atoms with Crippen LogP contribution in [0.5, 0.6) is 0 Å². The van der Waals surface area contributed by atoms with Crippen LogP contribution in [0.4, 0.5) is 10.1 Å². The Morgan fingerprint density at radius 2 is 1.67 bits per heavy atom. The molecule has 1 atom stereocenters. The molecule has 1 heterocycles. The Bertz CT molecular complexity index is 610. The van der Waals surface area contributed by atoms with E-state index in [0.29, 0.717) is 0 Å². The monoisotopic (exact) mass is 284 g/mol. The van der Waals surface area contributed by atoms with Gasteiger partial charge in [0.1, 0.15) is 5.82 Å². The Balaban J connectivity index is 1.89. The molecule has 2 nitrogen and oxygen atoms in total. The van der Waals surface area contributed by atoms with Crippen LogP contribution < -0.4 is 10.6 Å². The minimum atomic E-state index is -0.218. The van der Waals surface area contributed by atoms with Crippen LogP contribution in [0.3, 0.4) is 0 Å². The molecule has 0 saturated carbocycles. The van der Waals surface area contributed by atoms with E-state index in [1.165, 1.54) is 17.2 Å². The lowest BCUT2D eigenvalue weighted by Crippen LogP contribution is -2.28. The van der Waals surface area contributed by atoms with Gasteiger partial charge in [-0.15, -0.1) is 0 Å². The average molecular weight is 284 g/mol. The predicted molar refractivity (Wildman–Crippen MR) is 85.1 cm³/mol. The standard InChI is InChI=1S/C18H21FN2/c1-13(20)17-12-16(19)6-7-18(17)21-10-8-14-4-2-3-5-15(14)9-11-21/h2-7,12-13H,8-11,20H2,1H3/t13-/m1/s1. The van der Waals surface area contributed by atoms with Crippen LogP contribution in [0.2, 0.25) is 0 Å². The lowest BCUT2D eigenvalue weighted by molar-refractivity contribution is 0.621. The Kier molecular flexibility index (Phi) is 3.93. The number of anilines is 1. The zero-order valence-corrected chi connectivity index (χ0v) is 12.3. The molecule has 110 valence electrons. The maximum absolute atomic E-state index is 13.5. The maximum Gasteiger partial charge on any atom is 0.123 e. The van der Waals surface area contributed by atoms with Crippen molar-refractivity contribution in [1.82, 2.24) is 0 Å². The van der Waals surface area contributed by atoms with Crippen molar-refractivity contribution in [1.29, 1.82) is 0 Å². The van der Waals surface area contributed by atoms with Gasteiger partial charge in [0, 0.05) is 24.8 Å². The molecule has 0 aliphatic carbocycles. The van der Waals surface area contributed by atoms with Crippen LogP contribution in [0.15, 0.2) is 42.5 Å². The summed E-state index contributed by atoms with van der Waals surface area (Å²) >= 11 is 0. The summed E-state index contributed by atoms with van der Waals surface area (Å²) in [5.41, 5.74) is 10.8. The molecule has 21 heavy (non-hydrogen) atoms. The van der Waals surface area contributed by atoms with Gasteiger partial charge in [-0.3, -0.25) is 0 Å². The molecule has 1 aliphatic rings. The second-order valence-electron chi connectivity index (χ2n) is 5.75. The first-order valence-corrected chi connectivity index (χ1v) is 7.52. The van der Waals surface area contributed by atoms with Crippen LogP contribution in [-0.2, 0) is 12.8 Å². The highest BCUT2D eigenvalue weighted by atomic mass is 19.1. The van der Waals surface area contributed by atoms with Crippen LogP contribution in [0.1, 0.15) is 29.7 Å². The first kappa shape index (κ1) is 14.1. The molecule has 0 fully saturated rings. The van der Waals surface area contributed by atoms with Gasteiger partial charge >= 0.3 is 0 Å². The molecule has 0 aromatic heterocycles. The van der Waals surface area contributed by atoms with Crippen molar-refractivity contribution in [2.45, 2.75) is 25.8 Å². The third kappa shape index (κ3) is 2.93. The first-order valence-electron chi connectivity index (χ1n) is 7.52. The van der Waals surface area contributed by atoms with Gasteiger partial charge in [-0.2, -0.15) is 0 Å². The van der Waals surface area contributed by atoms with E-state index in [9.17, 15) is 4.39 Å². The molecule has 1 aliphatic heterocycles. The fourth-order valence-electron chi connectivity index (χ4n) is 3.09. The van der Waals surface area contributed by atoms with Gasteiger partial charge in [-0.25, -0.2) is 4.39 Å². The van der Waals surface area contributed by atoms with Gasteiger partial charge in [0.05, 0.1) is 0 Å². The van der Waals surface area contributed by atoms with Crippen molar-refractivity contribution in [3.05, 3.63) is 65.0 Å². The van der Waals surface area contributed by atoms with Crippen molar-refractivity contribution in [3.63, 3.8) is 0 Å². The van der Waals surface area contributed by atoms with E-state index in [1.807, 2.05) is 13.0 Å². The topological polar surface area (TPSA) is 29.3 Å². The summed E-state index contributed by atoms with van der Waals surface area (Å²) in [6, 6.07) is 13.4. The summed E-state index contributed by atoms with van der Waals surface area (Å²) in [6.45, 7) is 3.80. The van der Waals surface area contributed by atoms with Gasteiger partial charge in [0.25, 0.3) is 0 Å². The van der Waals surface area contributed by atoms with Gasteiger partial charge in [-0.05, 0) is 54.7 Å². The van der Waals surface area contributed by atoms with Crippen LogP contribution in [0.25, 0.3) is 0 Å². The summed E-state index contributed by atoms with van der Waals surface area (Å²) in [6.07, 6.45) is 2.04. The Morgan fingerprint density at radius 3 is 2.24 bits per heavy atom. The number of hydrogen-bond acceptors (Lipinski definition) is 2. The number of benzene rings is 2. The molecule has 0 amide bonds. The number of rotatable bonds is 2. The first-order chi connectivity index (χ1) is 10.1. The molecule has 0 radical (unpaired) electrons. The second-order valence-corrected chi connectivity index (χ2v) is 5.75. The molecule has 2 N–H and O–H groups in total. The number of nitrogens with zero attached hydrogens (tertiary/aromatic N) is 1. The van der Waals surface area contributed by atoms with Crippen molar-refractivity contribution < 1.29 is 4.39 Å². The van der Waals surface area contributed by atoms with Crippen molar-refractivity contribution >= 4 is 5.69 Å². The number of fused-ring (bicyclic) bond motifs is 1. The summed E-state index contributed by atoms with van der Waals surface area (Å²) in [7, 11) is 0. The van der Waals surface area contributed by atoms with Crippen LogP contribution in [0, 0.1) is 5.82 Å². The Morgan fingerprint density at radius 1 is 1.05 bits per heavy atom. The highest BCUT2D eigenvalue weighted by Crippen LogP contribution is 2.28. The smallest absolute Gasteiger partial charge is 0.123 e. The summed E-state index contributed by atoms with van der Waals surface area (Å²) in [5, 5.41) is 0. The molecular weight excluding hydrogens is 263 g/mol. The second kappa shape index (κ2) is 5.86. The molecule has 0 saturated heterocycles. The van der Waals surface area contributed by atoms with E-state index < -0.39 is 0 Å². The highest BCUT2D eigenvalue weighted by molar-refractivity contribution is 5.56. The molecule has 3 rings (SSSR count). The zero-order chi connectivity index (χ0) is 14.8. The molecule has 2 aromatic carbocycles. The van der Waals surface area contributed by atoms with E-state index >= 15 is 0 Å². The summed E-state index contributed by atoms with van der Waals surface area (Å²) in [5.74, 6) is -0.218. The number of nitrogens with two attached hydrogens (primary N) is 1. The molecular formula is C18H21FN2. The Hall–Kier alpha value is -1.87. The van der Waals surface area contributed by atoms with Gasteiger partial charge < -0.3 is 10.6 Å². The zero-order valence-electron chi connectivity index (χ0n) is 12.3. The Labute approximate surface area is 125 Å². The van der Waals surface area contributed by atoms with E-state index in [2.05, 4.69) is 29.2 Å². The predicted octanol–water partition coefficient (Wildman–Crippen LogP) is 3.45. The van der Waals surface area contributed by atoms with E-state index in [4.69, 9.17) is 5.73 Å². The van der Waals surface area contributed by atoms with E-state index in [0.717, 1.165) is 37.2 Å². The van der Waals surface area contributed by atoms with E-state index in [-0.39, 0.29) is 11.9 Å². The molecule has 0 bridgehead atoms. The molecule has 2 aromatic rings.